The summed E-state index contributed by atoms with van der Waals surface area (Å²) in [6.45, 7) is 8.66. The van der Waals surface area contributed by atoms with Crippen molar-refractivity contribution in [3.63, 3.8) is 0 Å². The second-order valence-corrected chi connectivity index (χ2v) is 21.8. The standard InChI is InChI=1S/C57H75N11O8.2ClH/c1-9-16-45(65-49(69)32(2)59-7)55(75)67-30-39(28-46(67)53(73)63-43-23-14-19-34-17-10-12-21-41(34)43)61-51(71)36-25-37(27-38(58)26-36)52(72)62-40-29-47(54(74)64-44-24-15-20-35-18-11-13-22-42(35)44)68(31-40)56(76)48(57(4,5)6)66-50(70)33(3)60-8;;/h1,10-13,17-18,21-22,25-27,32-33,39-40,43-48,59-60H,14-16,19-20,23-24,28-31,58H2,2-8H3,(H,61,71)(H,62,72)(H,63,73)(H,64,74)(H,65,69)(H,66,70);2*1H/t32-,33-,39-,40-,43+,44+,45-,46-,47-,48+;;/m0../s1. The van der Waals surface area contributed by atoms with Crippen LogP contribution >= 0.6 is 24.8 Å². The van der Waals surface area contributed by atoms with Gasteiger partial charge in [-0.2, -0.15) is 0 Å². The Hall–Kier alpha value is -6.72. The van der Waals surface area contributed by atoms with Crippen LogP contribution in [-0.4, -0.2) is 133 Å². The van der Waals surface area contributed by atoms with Gasteiger partial charge >= 0.3 is 0 Å². The number of likely N-dealkylation sites (N-methyl/N-ethyl adjacent to an activating group) is 2. The fraction of sp³-hybridized carbons (Fsp3) is 0.509. The minimum absolute atomic E-state index is 0. The molecule has 0 aromatic heterocycles. The summed E-state index contributed by atoms with van der Waals surface area (Å²) in [6, 6.07) is 12.5. The highest BCUT2D eigenvalue weighted by Gasteiger charge is 2.47. The summed E-state index contributed by atoms with van der Waals surface area (Å²) >= 11 is 0. The first kappa shape index (κ1) is 62.1. The van der Waals surface area contributed by atoms with Crippen molar-refractivity contribution in [3.8, 4) is 12.3 Å². The predicted molar refractivity (Wildman–Crippen MR) is 302 cm³/mol. The number of amides is 8. The minimum atomic E-state index is -1.15. The van der Waals surface area contributed by atoms with Gasteiger partial charge in [0.15, 0.2) is 0 Å². The fourth-order valence-electron chi connectivity index (χ4n) is 10.8. The minimum Gasteiger partial charge on any atom is -0.399 e. The van der Waals surface area contributed by atoms with Crippen molar-refractivity contribution in [2.24, 2.45) is 5.41 Å². The molecule has 78 heavy (non-hydrogen) atoms. The number of aryl methyl sites for hydroxylation is 2. The van der Waals surface area contributed by atoms with E-state index >= 15 is 0 Å². The summed E-state index contributed by atoms with van der Waals surface area (Å²) in [5, 5.41) is 23.7. The van der Waals surface area contributed by atoms with E-state index in [9.17, 15) is 38.4 Å². The largest absolute Gasteiger partial charge is 0.399 e. The van der Waals surface area contributed by atoms with Crippen molar-refractivity contribution in [1.29, 1.82) is 0 Å². The normalized spacial score (nSPS) is 21.9. The lowest BCUT2D eigenvalue weighted by Crippen LogP contribution is -2.59. The molecule has 0 saturated carbocycles. The van der Waals surface area contributed by atoms with Gasteiger partial charge in [-0.25, -0.2) is 0 Å². The van der Waals surface area contributed by atoms with Gasteiger partial charge in [0.1, 0.15) is 24.2 Å². The first-order chi connectivity index (χ1) is 36.2. The van der Waals surface area contributed by atoms with E-state index < -0.39 is 89.2 Å². The van der Waals surface area contributed by atoms with Crippen LogP contribution in [0.3, 0.4) is 0 Å². The molecule has 2 heterocycles. The van der Waals surface area contributed by atoms with E-state index in [0.29, 0.717) is 12.8 Å². The van der Waals surface area contributed by atoms with Crippen LogP contribution in [0, 0.1) is 17.8 Å². The molecule has 10 atom stereocenters. The molecule has 0 unspecified atom stereocenters. The molecular weight excluding hydrogens is 1040 g/mol. The number of nitrogen functional groups attached to an aromatic ring is 1. The van der Waals surface area contributed by atoms with Crippen LogP contribution in [-0.2, 0) is 41.6 Å². The molecule has 2 saturated heterocycles. The van der Waals surface area contributed by atoms with Crippen LogP contribution in [0.1, 0.15) is 135 Å². The summed E-state index contributed by atoms with van der Waals surface area (Å²) in [6.07, 6.45) is 10.5. The maximum atomic E-state index is 14.7. The number of hydrogen-bond donors (Lipinski definition) is 9. The lowest BCUT2D eigenvalue weighted by atomic mass is 9.85. The van der Waals surface area contributed by atoms with Crippen molar-refractivity contribution < 1.29 is 38.4 Å². The maximum absolute atomic E-state index is 14.7. The molecule has 7 rings (SSSR count). The summed E-state index contributed by atoms with van der Waals surface area (Å²) in [5.74, 6) is -1.47. The van der Waals surface area contributed by atoms with E-state index in [-0.39, 0.29) is 97.9 Å². The van der Waals surface area contributed by atoms with Crippen LogP contribution in [0.5, 0.6) is 0 Å². The average molecular weight is 1120 g/mol. The molecule has 21 heteroatoms. The SMILES string of the molecule is C#CC[C@H](NC(=O)[C@H](C)NC)C(=O)N1C[C@@H](NC(=O)c2cc(N)cc(C(=O)N[C@H]3C[C@@H](C(=O)N[C@@H]4CCCc5ccccc54)N(C(=O)[C@@H](NC(=O)[C@H](C)NC)C(C)(C)C)C3)c2)C[C@H]1C(=O)N[C@@H]1CCCc2ccccc21.Cl.Cl. The number of anilines is 1. The number of carbonyl (C=O) groups is 8. The number of nitrogens with one attached hydrogen (secondary N) is 8. The molecule has 2 fully saturated rings. The molecule has 2 aliphatic heterocycles. The molecule has 19 nitrogen and oxygen atoms in total. The number of halogens is 2. The van der Waals surface area contributed by atoms with Gasteiger partial charge in [-0.1, -0.05) is 69.3 Å². The number of likely N-dealkylation sites (tertiary alicyclic amines) is 2. The quantitative estimate of drug-likeness (QED) is 0.0701. The van der Waals surface area contributed by atoms with Gasteiger partial charge < -0.3 is 58.1 Å². The van der Waals surface area contributed by atoms with E-state index in [2.05, 4.69) is 48.5 Å². The van der Waals surface area contributed by atoms with Crippen LogP contribution in [0.2, 0.25) is 0 Å². The van der Waals surface area contributed by atoms with Crippen LogP contribution in [0.25, 0.3) is 0 Å². The molecule has 8 amide bonds. The van der Waals surface area contributed by atoms with E-state index in [4.69, 9.17) is 12.2 Å². The van der Waals surface area contributed by atoms with Crippen LogP contribution in [0.15, 0.2) is 66.7 Å². The number of rotatable bonds is 17. The highest BCUT2D eigenvalue weighted by atomic mass is 35.5. The Kier molecular flexibility index (Phi) is 21.7. The Morgan fingerprint density at radius 1 is 0.654 bits per heavy atom. The maximum Gasteiger partial charge on any atom is 0.251 e. The van der Waals surface area contributed by atoms with Crippen molar-refractivity contribution >= 4 is 77.8 Å². The fourth-order valence-corrected chi connectivity index (χ4v) is 10.8. The van der Waals surface area contributed by atoms with Crippen molar-refractivity contribution in [3.05, 3.63) is 100 Å². The molecule has 3 aromatic rings. The van der Waals surface area contributed by atoms with E-state index in [1.165, 1.54) is 28.0 Å². The van der Waals surface area contributed by atoms with Gasteiger partial charge in [-0.3, -0.25) is 38.4 Å². The van der Waals surface area contributed by atoms with Crippen LogP contribution < -0.4 is 48.3 Å². The summed E-state index contributed by atoms with van der Waals surface area (Å²) in [4.78, 5) is 115. The molecule has 422 valence electrons. The van der Waals surface area contributed by atoms with E-state index in [1.54, 1.807) is 27.9 Å². The molecule has 10 N–H and O–H groups in total. The third kappa shape index (κ3) is 14.7. The second kappa shape index (κ2) is 27.2. The molecule has 3 aromatic carbocycles. The monoisotopic (exact) mass is 1110 g/mol. The van der Waals surface area contributed by atoms with Gasteiger partial charge in [-0.05, 0) is 125 Å². The van der Waals surface area contributed by atoms with Gasteiger partial charge in [0.25, 0.3) is 11.8 Å². The molecule has 0 bridgehead atoms. The third-order valence-corrected chi connectivity index (χ3v) is 15.3. The number of carbonyl (C=O) groups excluding carboxylic acids is 8. The third-order valence-electron chi connectivity index (χ3n) is 15.3. The number of fused-ring (bicyclic) bond motifs is 2. The van der Waals surface area contributed by atoms with Gasteiger partial charge in [-0.15, -0.1) is 37.2 Å². The van der Waals surface area contributed by atoms with Gasteiger partial charge in [0, 0.05) is 48.4 Å². The number of benzene rings is 3. The highest BCUT2D eigenvalue weighted by Crippen LogP contribution is 2.33. The number of hydrogen-bond acceptors (Lipinski definition) is 11. The Morgan fingerprint density at radius 3 is 1.53 bits per heavy atom. The first-order valence-electron chi connectivity index (χ1n) is 26.5. The van der Waals surface area contributed by atoms with Gasteiger partial charge in [0.2, 0.25) is 35.4 Å². The summed E-state index contributed by atoms with van der Waals surface area (Å²) in [7, 11) is 3.25. The van der Waals surface area contributed by atoms with Crippen molar-refractivity contribution in [2.75, 3.05) is 32.9 Å². The van der Waals surface area contributed by atoms with Crippen molar-refractivity contribution in [1.82, 2.24) is 52.3 Å². The smallest absolute Gasteiger partial charge is 0.251 e. The topological polar surface area (TPSA) is 265 Å². The molecule has 0 radical (unpaired) electrons. The van der Waals surface area contributed by atoms with Crippen molar-refractivity contribution in [2.45, 2.75) is 153 Å². The lowest BCUT2D eigenvalue weighted by molar-refractivity contribution is -0.144. The summed E-state index contributed by atoms with van der Waals surface area (Å²) in [5.41, 5.74) is 10.1. The Labute approximate surface area is 470 Å². The summed E-state index contributed by atoms with van der Waals surface area (Å²) < 4.78 is 0. The first-order valence-corrected chi connectivity index (χ1v) is 26.5. The Balaban J connectivity index is 0.00000560. The zero-order chi connectivity index (χ0) is 55.0. The second-order valence-electron chi connectivity index (χ2n) is 21.8. The van der Waals surface area contributed by atoms with E-state index in [1.807, 2.05) is 69.3 Å². The molecule has 2 aliphatic carbocycles. The number of nitrogens with zero attached hydrogens (tertiary/aromatic N) is 2. The Bertz CT molecular complexity index is 2750. The van der Waals surface area contributed by atoms with Gasteiger partial charge in [0.05, 0.1) is 24.2 Å². The lowest BCUT2D eigenvalue weighted by Gasteiger charge is -2.36. The molecule has 4 aliphatic rings. The molecular formula is C57H77Cl2N11O8. The highest BCUT2D eigenvalue weighted by molar-refractivity contribution is 6.02. The predicted octanol–water partition coefficient (Wildman–Crippen LogP) is 3.15. The number of terminal acetylenes is 1. The zero-order valence-corrected chi connectivity index (χ0v) is 47.2. The number of nitrogens with two attached hydrogens (primary N) is 1. The van der Waals surface area contributed by atoms with Crippen LogP contribution in [0.4, 0.5) is 5.69 Å². The Morgan fingerprint density at radius 2 is 1.09 bits per heavy atom. The average Bonchev–Trinajstić information content (AvgIpc) is 4.06. The molecule has 0 spiro atoms. The van der Waals surface area contributed by atoms with E-state index in [0.717, 1.165) is 47.9 Å². The zero-order valence-electron chi connectivity index (χ0n) is 45.5.